The van der Waals surface area contributed by atoms with Gasteiger partial charge in [-0.3, -0.25) is 0 Å². The molecule has 0 aromatic heterocycles. The summed E-state index contributed by atoms with van der Waals surface area (Å²) in [5, 5.41) is 0. The summed E-state index contributed by atoms with van der Waals surface area (Å²) in [6.07, 6.45) is 9.40. The van der Waals surface area contributed by atoms with Crippen molar-refractivity contribution in [3.05, 3.63) is 23.3 Å². The number of hydrogen-bond acceptors (Lipinski definition) is 2. The molecule has 0 heterocycles. The van der Waals surface area contributed by atoms with E-state index >= 15 is 0 Å². The minimum atomic E-state index is 0.304. The van der Waals surface area contributed by atoms with Gasteiger partial charge in [-0.15, -0.1) is 0 Å². The molecule has 3 aliphatic rings. The number of benzene rings is 1. The molecule has 1 spiro atoms. The molecule has 0 amide bonds. The van der Waals surface area contributed by atoms with Gasteiger partial charge in [-0.1, -0.05) is 26.7 Å². The largest absolute Gasteiger partial charge is 0.496 e. The first-order valence-corrected chi connectivity index (χ1v) is 9.33. The lowest BCUT2D eigenvalue weighted by Crippen LogP contribution is -2.54. The van der Waals surface area contributed by atoms with Crippen LogP contribution in [0.4, 0.5) is 0 Å². The molecule has 1 aromatic carbocycles. The van der Waals surface area contributed by atoms with Gasteiger partial charge in [0.2, 0.25) is 0 Å². The highest BCUT2D eigenvalue weighted by Crippen LogP contribution is 2.70. The Kier molecular flexibility index (Phi) is 3.44. The molecule has 2 saturated carbocycles. The zero-order valence-corrected chi connectivity index (χ0v) is 15.1. The molecule has 0 bridgehead atoms. The van der Waals surface area contributed by atoms with E-state index in [0.717, 1.165) is 29.8 Å². The maximum absolute atomic E-state index is 5.87. The maximum Gasteiger partial charge on any atom is 0.123 e. The molecule has 0 radical (unpaired) electrons. The zero-order valence-electron chi connectivity index (χ0n) is 15.1. The third-order valence-corrected chi connectivity index (χ3v) is 7.79. The average Bonchev–Trinajstić information content (AvgIpc) is 2.85. The van der Waals surface area contributed by atoms with Gasteiger partial charge in [0.15, 0.2) is 0 Å². The van der Waals surface area contributed by atoms with Gasteiger partial charge in [0.1, 0.15) is 11.5 Å². The van der Waals surface area contributed by atoms with E-state index in [1.807, 2.05) is 14.2 Å². The van der Waals surface area contributed by atoms with E-state index in [1.165, 1.54) is 49.7 Å². The summed E-state index contributed by atoms with van der Waals surface area (Å²) in [6, 6.07) is 4.25. The van der Waals surface area contributed by atoms with E-state index in [4.69, 9.17) is 9.47 Å². The molecular weight excluding hydrogens is 284 g/mol. The van der Waals surface area contributed by atoms with Gasteiger partial charge in [-0.05, 0) is 61.5 Å². The number of ether oxygens (including phenoxy) is 2. The van der Waals surface area contributed by atoms with Gasteiger partial charge < -0.3 is 9.47 Å². The molecule has 4 atom stereocenters. The standard InChI is InChI=1S/C21H30O2/c1-14-8-9-15-7-5-6-12-21(15)19-16(13-20(14,21)2)17(22-3)10-11-18(19)23-4/h10-11,14-15H,5-9,12-13H2,1-4H3/t14?,15-,20+,21+/m0/s1. The Labute approximate surface area is 140 Å². The molecule has 0 aliphatic heterocycles. The van der Waals surface area contributed by atoms with Crippen molar-refractivity contribution in [2.45, 2.75) is 64.2 Å². The van der Waals surface area contributed by atoms with Crippen molar-refractivity contribution in [1.29, 1.82) is 0 Å². The highest BCUT2D eigenvalue weighted by molar-refractivity contribution is 5.59. The summed E-state index contributed by atoms with van der Waals surface area (Å²) in [5.74, 6) is 3.76. The van der Waals surface area contributed by atoms with Crippen molar-refractivity contribution in [3.63, 3.8) is 0 Å². The van der Waals surface area contributed by atoms with Crippen LogP contribution in [-0.2, 0) is 11.8 Å². The van der Waals surface area contributed by atoms with Gasteiger partial charge in [0, 0.05) is 16.5 Å². The average molecular weight is 314 g/mol. The van der Waals surface area contributed by atoms with Crippen LogP contribution in [0.15, 0.2) is 12.1 Å². The van der Waals surface area contributed by atoms with Gasteiger partial charge in [0.05, 0.1) is 14.2 Å². The summed E-state index contributed by atoms with van der Waals surface area (Å²) >= 11 is 0. The number of rotatable bonds is 2. The molecule has 0 saturated heterocycles. The molecule has 126 valence electrons. The van der Waals surface area contributed by atoms with Crippen LogP contribution in [0.3, 0.4) is 0 Å². The summed E-state index contributed by atoms with van der Waals surface area (Å²) in [6.45, 7) is 5.05. The minimum Gasteiger partial charge on any atom is -0.496 e. The topological polar surface area (TPSA) is 18.5 Å². The minimum absolute atomic E-state index is 0.304. The smallest absolute Gasteiger partial charge is 0.123 e. The lowest BCUT2D eigenvalue weighted by atomic mass is 9.45. The first-order valence-electron chi connectivity index (χ1n) is 9.33. The molecule has 2 fully saturated rings. The Balaban J connectivity index is 2.01. The Hall–Kier alpha value is -1.18. The van der Waals surface area contributed by atoms with Crippen LogP contribution >= 0.6 is 0 Å². The second kappa shape index (κ2) is 5.16. The van der Waals surface area contributed by atoms with Crippen molar-refractivity contribution >= 4 is 0 Å². The van der Waals surface area contributed by atoms with Gasteiger partial charge in [-0.25, -0.2) is 0 Å². The second-order valence-electron chi connectivity index (χ2n) is 8.31. The first-order chi connectivity index (χ1) is 11.1. The SMILES string of the molecule is COc1ccc(OC)c2c1C[C@]1(C)C(C)CC[C@@H]3CCCC[C@]231. The monoisotopic (exact) mass is 314 g/mol. The van der Waals surface area contributed by atoms with Crippen LogP contribution in [0.2, 0.25) is 0 Å². The Morgan fingerprint density at radius 3 is 2.48 bits per heavy atom. The fourth-order valence-electron chi connectivity index (χ4n) is 6.54. The molecule has 1 aromatic rings. The molecular formula is C21H30O2. The highest BCUT2D eigenvalue weighted by Gasteiger charge is 2.64. The predicted molar refractivity (Wildman–Crippen MR) is 93.4 cm³/mol. The van der Waals surface area contributed by atoms with E-state index in [9.17, 15) is 0 Å². The van der Waals surface area contributed by atoms with E-state index in [0.29, 0.717) is 10.8 Å². The van der Waals surface area contributed by atoms with E-state index < -0.39 is 0 Å². The van der Waals surface area contributed by atoms with Crippen LogP contribution in [0.5, 0.6) is 11.5 Å². The Bertz CT molecular complexity index is 623. The zero-order chi connectivity index (χ0) is 16.2. The van der Waals surface area contributed by atoms with Crippen LogP contribution in [-0.4, -0.2) is 14.2 Å². The van der Waals surface area contributed by atoms with Crippen LogP contribution in [0.1, 0.15) is 63.5 Å². The predicted octanol–water partition coefficient (Wildman–Crippen LogP) is 5.12. The molecule has 2 heteroatoms. The maximum atomic E-state index is 5.87. The van der Waals surface area contributed by atoms with Crippen LogP contribution in [0.25, 0.3) is 0 Å². The molecule has 3 aliphatic carbocycles. The summed E-state index contributed by atoms with van der Waals surface area (Å²) < 4.78 is 11.6. The van der Waals surface area contributed by atoms with Crippen molar-refractivity contribution in [3.8, 4) is 11.5 Å². The van der Waals surface area contributed by atoms with Crippen LogP contribution < -0.4 is 9.47 Å². The third-order valence-electron chi connectivity index (χ3n) is 7.79. The van der Waals surface area contributed by atoms with Crippen molar-refractivity contribution in [2.24, 2.45) is 17.3 Å². The van der Waals surface area contributed by atoms with E-state index in [1.54, 1.807) is 0 Å². The number of fused-ring (bicyclic) bond motifs is 1. The van der Waals surface area contributed by atoms with Crippen molar-refractivity contribution < 1.29 is 9.47 Å². The van der Waals surface area contributed by atoms with Gasteiger partial charge in [-0.2, -0.15) is 0 Å². The molecule has 2 nitrogen and oxygen atoms in total. The number of hydrogen-bond donors (Lipinski definition) is 0. The Morgan fingerprint density at radius 2 is 1.74 bits per heavy atom. The lowest BCUT2D eigenvalue weighted by molar-refractivity contribution is -0.0401. The van der Waals surface area contributed by atoms with Crippen molar-refractivity contribution in [1.82, 2.24) is 0 Å². The quantitative estimate of drug-likeness (QED) is 0.754. The highest BCUT2D eigenvalue weighted by atomic mass is 16.5. The van der Waals surface area contributed by atoms with Crippen molar-refractivity contribution in [2.75, 3.05) is 14.2 Å². The first kappa shape index (κ1) is 15.4. The third kappa shape index (κ3) is 1.76. The van der Waals surface area contributed by atoms with Crippen LogP contribution in [0, 0.1) is 17.3 Å². The van der Waals surface area contributed by atoms with E-state index in [-0.39, 0.29) is 0 Å². The fourth-order valence-corrected chi connectivity index (χ4v) is 6.54. The molecule has 0 N–H and O–H groups in total. The lowest BCUT2D eigenvalue weighted by Gasteiger charge is -2.58. The Morgan fingerprint density at radius 1 is 1.00 bits per heavy atom. The van der Waals surface area contributed by atoms with Gasteiger partial charge in [0.25, 0.3) is 0 Å². The molecule has 4 rings (SSSR count). The second-order valence-corrected chi connectivity index (χ2v) is 8.31. The molecule has 23 heavy (non-hydrogen) atoms. The summed E-state index contributed by atoms with van der Waals surface area (Å²) in [7, 11) is 3.64. The number of methoxy groups -OCH3 is 2. The summed E-state index contributed by atoms with van der Waals surface area (Å²) in [5.41, 5.74) is 3.60. The molecule has 1 unspecified atom stereocenters. The van der Waals surface area contributed by atoms with Gasteiger partial charge >= 0.3 is 0 Å². The van der Waals surface area contributed by atoms with E-state index in [2.05, 4.69) is 26.0 Å². The fraction of sp³-hybridized carbons (Fsp3) is 0.714. The summed E-state index contributed by atoms with van der Waals surface area (Å²) in [4.78, 5) is 0. The normalized spacial score (nSPS) is 38.4.